The van der Waals surface area contributed by atoms with Crippen LogP contribution in [0.1, 0.15) is 28.8 Å². The zero-order valence-electron chi connectivity index (χ0n) is 17.7. The minimum absolute atomic E-state index is 0.191. The molecule has 0 aliphatic carbocycles. The van der Waals surface area contributed by atoms with E-state index in [1.165, 1.54) is 6.39 Å². The van der Waals surface area contributed by atoms with Gasteiger partial charge in [0.25, 0.3) is 5.91 Å². The number of fused-ring (bicyclic) bond motifs is 2. The van der Waals surface area contributed by atoms with Crippen LogP contribution in [0.15, 0.2) is 53.5 Å². The number of imide groups is 1. The number of nitrogens with zero attached hydrogens (tertiary/aromatic N) is 4. The first-order valence-electron chi connectivity index (χ1n) is 10.6. The second-order valence-corrected chi connectivity index (χ2v) is 8.36. The Hall–Kier alpha value is -4.27. The Bertz CT molecular complexity index is 1470. The fourth-order valence-corrected chi connectivity index (χ4v) is 4.71. The number of hydrogen-bond acceptors (Lipinski definition) is 6. The standard InChI is InChI=1S/C24H19N5O4/c1-28-11-25-21(22(28)14-3-6-19-17(9-14)26-12-33-19)13-2-4-16-15(8-13)10-29(24(16)32)18-5-7-20(30)27-23(18)31/h2-4,6,8-9,11-12,18H,5,7,10H2,1H3,(H,27,30,31)/t18-/m0/s1. The highest BCUT2D eigenvalue weighted by Crippen LogP contribution is 2.35. The van der Waals surface area contributed by atoms with Gasteiger partial charge in [0.2, 0.25) is 11.8 Å². The van der Waals surface area contributed by atoms with Crippen LogP contribution in [0.2, 0.25) is 0 Å². The molecule has 0 bridgehead atoms. The third-order valence-corrected chi connectivity index (χ3v) is 6.34. The summed E-state index contributed by atoms with van der Waals surface area (Å²) in [6.45, 7) is 0.321. The van der Waals surface area contributed by atoms with E-state index in [2.05, 4.69) is 15.3 Å². The second kappa shape index (κ2) is 7.13. The van der Waals surface area contributed by atoms with E-state index < -0.39 is 11.9 Å². The van der Waals surface area contributed by atoms with Crippen LogP contribution in [0.25, 0.3) is 33.6 Å². The second-order valence-electron chi connectivity index (χ2n) is 8.36. The molecule has 0 radical (unpaired) electrons. The number of imidazole rings is 1. The van der Waals surface area contributed by atoms with E-state index in [4.69, 9.17) is 4.42 Å². The number of nitrogens with one attached hydrogen (secondary N) is 1. The predicted octanol–water partition coefficient (Wildman–Crippen LogP) is 2.66. The average molecular weight is 441 g/mol. The molecule has 9 heteroatoms. The number of oxazole rings is 1. The maximum atomic E-state index is 13.0. The molecule has 0 spiro atoms. The van der Waals surface area contributed by atoms with Crippen molar-refractivity contribution in [2.75, 3.05) is 0 Å². The van der Waals surface area contributed by atoms with Crippen molar-refractivity contribution in [3.63, 3.8) is 0 Å². The maximum absolute atomic E-state index is 13.0. The smallest absolute Gasteiger partial charge is 0.255 e. The van der Waals surface area contributed by atoms with Gasteiger partial charge in [0, 0.05) is 36.7 Å². The summed E-state index contributed by atoms with van der Waals surface area (Å²) in [6, 6.07) is 10.8. The van der Waals surface area contributed by atoms with Gasteiger partial charge in [0.15, 0.2) is 12.0 Å². The summed E-state index contributed by atoms with van der Waals surface area (Å²) in [5.74, 6) is -0.902. The third-order valence-electron chi connectivity index (χ3n) is 6.34. The number of piperidine rings is 1. The average Bonchev–Trinajstić information content (AvgIpc) is 3.50. The topological polar surface area (TPSA) is 110 Å². The van der Waals surface area contributed by atoms with Gasteiger partial charge in [-0.05, 0) is 42.3 Å². The lowest BCUT2D eigenvalue weighted by Gasteiger charge is -2.29. The molecule has 1 atom stereocenters. The largest absolute Gasteiger partial charge is 0.443 e. The number of benzene rings is 2. The highest BCUT2D eigenvalue weighted by atomic mass is 16.3. The normalized spacial score (nSPS) is 18.2. The molecular weight excluding hydrogens is 422 g/mol. The van der Waals surface area contributed by atoms with Crippen molar-refractivity contribution in [3.05, 3.63) is 60.2 Å². The molecule has 2 aromatic carbocycles. The summed E-state index contributed by atoms with van der Waals surface area (Å²) in [5.41, 5.74) is 6.43. The molecule has 33 heavy (non-hydrogen) atoms. The Kier molecular flexibility index (Phi) is 4.19. The van der Waals surface area contributed by atoms with Crippen LogP contribution in [0, 0.1) is 0 Å². The molecule has 1 saturated heterocycles. The predicted molar refractivity (Wildman–Crippen MR) is 118 cm³/mol. The van der Waals surface area contributed by atoms with E-state index in [1.54, 1.807) is 17.3 Å². The fraction of sp³-hybridized carbons (Fsp3) is 0.208. The zero-order chi connectivity index (χ0) is 22.7. The Labute approximate surface area is 188 Å². The first kappa shape index (κ1) is 19.4. The number of carbonyl (C=O) groups is 3. The van der Waals surface area contributed by atoms with Gasteiger partial charge in [-0.2, -0.15) is 0 Å². The van der Waals surface area contributed by atoms with Crippen LogP contribution in [0.4, 0.5) is 0 Å². The highest BCUT2D eigenvalue weighted by molar-refractivity contribution is 6.05. The van der Waals surface area contributed by atoms with Crippen LogP contribution in [0.5, 0.6) is 0 Å². The summed E-state index contributed by atoms with van der Waals surface area (Å²) in [4.78, 5) is 47.2. The molecule has 0 saturated carbocycles. The quantitative estimate of drug-likeness (QED) is 0.490. The highest BCUT2D eigenvalue weighted by Gasteiger charge is 2.39. The van der Waals surface area contributed by atoms with Crippen LogP contribution in [-0.2, 0) is 23.2 Å². The van der Waals surface area contributed by atoms with Gasteiger partial charge in [-0.1, -0.05) is 6.07 Å². The Morgan fingerprint density at radius 2 is 1.91 bits per heavy atom. The minimum Gasteiger partial charge on any atom is -0.443 e. The number of amides is 3. The van der Waals surface area contributed by atoms with Crippen LogP contribution >= 0.6 is 0 Å². The van der Waals surface area contributed by atoms with Gasteiger partial charge in [-0.3, -0.25) is 19.7 Å². The van der Waals surface area contributed by atoms with Crippen molar-refractivity contribution in [2.24, 2.45) is 7.05 Å². The van der Waals surface area contributed by atoms with Crippen molar-refractivity contribution in [1.29, 1.82) is 0 Å². The van der Waals surface area contributed by atoms with E-state index in [9.17, 15) is 14.4 Å². The number of aryl methyl sites for hydroxylation is 1. The zero-order valence-corrected chi connectivity index (χ0v) is 17.7. The van der Waals surface area contributed by atoms with Gasteiger partial charge in [-0.15, -0.1) is 0 Å². The van der Waals surface area contributed by atoms with Gasteiger partial charge < -0.3 is 13.9 Å². The number of carbonyl (C=O) groups excluding carboxylic acids is 3. The summed E-state index contributed by atoms with van der Waals surface area (Å²) in [6.07, 6.45) is 3.75. The van der Waals surface area contributed by atoms with Crippen LogP contribution in [0.3, 0.4) is 0 Å². The van der Waals surface area contributed by atoms with E-state index in [-0.39, 0.29) is 18.2 Å². The molecule has 2 aliphatic heterocycles. The Morgan fingerprint density at radius 1 is 1.06 bits per heavy atom. The van der Waals surface area contributed by atoms with Crippen molar-refractivity contribution >= 4 is 28.8 Å². The Morgan fingerprint density at radius 3 is 2.76 bits per heavy atom. The van der Waals surface area contributed by atoms with Crippen molar-refractivity contribution in [2.45, 2.75) is 25.4 Å². The minimum atomic E-state index is -0.634. The van der Waals surface area contributed by atoms with E-state index in [1.807, 2.05) is 41.9 Å². The van der Waals surface area contributed by atoms with Gasteiger partial charge in [0.1, 0.15) is 11.6 Å². The monoisotopic (exact) mass is 441 g/mol. The van der Waals surface area contributed by atoms with Gasteiger partial charge in [0.05, 0.1) is 17.7 Å². The molecule has 6 rings (SSSR count). The number of rotatable bonds is 3. The molecular formula is C24H19N5O4. The maximum Gasteiger partial charge on any atom is 0.255 e. The lowest BCUT2D eigenvalue weighted by molar-refractivity contribution is -0.136. The molecule has 1 N–H and O–H groups in total. The Balaban J connectivity index is 1.36. The first-order valence-corrected chi connectivity index (χ1v) is 10.6. The molecule has 0 unspecified atom stereocenters. The summed E-state index contributed by atoms with van der Waals surface area (Å²) in [7, 11) is 1.93. The lowest BCUT2D eigenvalue weighted by Crippen LogP contribution is -2.52. The molecule has 4 aromatic rings. The van der Waals surface area contributed by atoms with Crippen molar-refractivity contribution < 1.29 is 18.8 Å². The number of hydrogen-bond donors (Lipinski definition) is 1. The van der Waals surface area contributed by atoms with Crippen LogP contribution in [-0.4, -0.2) is 43.2 Å². The molecule has 164 valence electrons. The number of aromatic nitrogens is 3. The van der Waals surface area contributed by atoms with E-state index in [0.29, 0.717) is 24.1 Å². The summed E-state index contributed by atoms with van der Waals surface area (Å²) in [5, 5.41) is 2.33. The third kappa shape index (κ3) is 3.04. The van der Waals surface area contributed by atoms with Crippen LogP contribution < -0.4 is 5.32 Å². The van der Waals surface area contributed by atoms with E-state index in [0.717, 1.165) is 33.6 Å². The first-order chi connectivity index (χ1) is 16.0. The molecule has 9 nitrogen and oxygen atoms in total. The summed E-state index contributed by atoms with van der Waals surface area (Å²) < 4.78 is 7.30. The van der Waals surface area contributed by atoms with E-state index >= 15 is 0 Å². The molecule has 3 amide bonds. The fourth-order valence-electron chi connectivity index (χ4n) is 4.71. The SMILES string of the molecule is Cn1cnc(-c2ccc3c(c2)CN([C@H]2CCC(=O)NC2=O)C3=O)c1-c1ccc2ocnc2c1. The lowest BCUT2D eigenvalue weighted by atomic mass is 10.0. The van der Waals surface area contributed by atoms with Gasteiger partial charge >= 0.3 is 0 Å². The van der Waals surface area contributed by atoms with Gasteiger partial charge in [-0.25, -0.2) is 9.97 Å². The van der Waals surface area contributed by atoms with Crippen molar-refractivity contribution in [3.8, 4) is 22.5 Å². The van der Waals surface area contributed by atoms with Crippen molar-refractivity contribution in [1.82, 2.24) is 24.8 Å². The summed E-state index contributed by atoms with van der Waals surface area (Å²) >= 11 is 0. The molecule has 2 aromatic heterocycles. The molecule has 2 aliphatic rings. The molecule has 4 heterocycles. The molecule has 1 fully saturated rings.